The Bertz CT molecular complexity index is 498. The van der Waals surface area contributed by atoms with Crippen molar-refractivity contribution >= 4 is 15.5 Å². The number of anilines is 1. The topological polar surface area (TPSA) is 63.4 Å². The zero-order valence-corrected chi connectivity index (χ0v) is 12.8. The normalized spacial score (nSPS) is 12.3. The lowest BCUT2D eigenvalue weighted by atomic mass is 10.1. The third kappa shape index (κ3) is 6.59. The molecule has 0 aliphatic heterocycles. The van der Waals surface area contributed by atoms with Gasteiger partial charge < -0.3 is 5.73 Å². The van der Waals surface area contributed by atoms with E-state index in [0.29, 0.717) is 12.5 Å². The molecule has 0 aliphatic carbocycles. The van der Waals surface area contributed by atoms with Gasteiger partial charge in [-0.3, -0.25) is 4.90 Å². The van der Waals surface area contributed by atoms with Crippen molar-refractivity contribution in [1.82, 2.24) is 4.90 Å². The van der Waals surface area contributed by atoms with Crippen LogP contribution in [0.2, 0.25) is 0 Å². The second kappa shape index (κ2) is 6.91. The average Bonchev–Trinajstić information content (AvgIpc) is 2.26. The number of benzene rings is 1. The molecule has 5 heteroatoms. The molecule has 0 saturated heterocycles. The number of hydrogen-bond acceptors (Lipinski definition) is 4. The Balaban J connectivity index is 2.58. The largest absolute Gasteiger partial charge is 0.399 e. The molecular formula is C14H24N2O2S. The van der Waals surface area contributed by atoms with E-state index < -0.39 is 9.84 Å². The van der Waals surface area contributed by atoms with Crippen LogP contribution in [0.3, 0.4) is 0 Å². The highest BCUT2D eigenvalue weighted by Gasteiger charge is 2.11. The van der Waals surface area contributed by atoms with E-state index in [2.05, 4.69) is 18.7 Å². The molecule has 19 heavy (non-hydrogen) atoms. The maximum absolute atomic E-state index is 11.2. The number of nitrogens with two attached hydrogens (primary N) is 1. The molecule has 1 aromatic rings. The van der Waals surface area contributed by atoms with Crippen molar-refractivity contribution in [2.45, 2.75) is 32.9 Å². The molecule has 0 aromatic heterocycles. The lowest BCUT2D eigenvalue weighted by Crippen LogP contribution is -2.32. The zero-order chi connectivity index (χ0) is 14.5. The fourth-order valence-corrected chi connectivity index (χ4v) is 2.63. The van der Waals surface area contributed by atoms with Crippen molar-refractivity contribution in [3.8, 4) is 0 Å². The van der Waals surface area contributed by atoms with Crippen LogP contribution in [0.5, 0.6) is 0 Å². The number of nitrogen functional groups attached to an aromatic ring is 1. The average molecular weight is 284 g/mol. The summed E-state index contributed by atoms with van der Waals surface area (Å²) in [6, 6.07) is 8.20. The van der Waals surface area contributed by atoms with Crippen LogP contribution >= 0.6 is 0 Å². The predicted octanol–water partition coefficient (Wildman–Crippen LogP) is 1.91. The monoisotopic (exact) mass is 284 g/mol. The van der Waals surface area contributed by atoms with E-state index >= 15 is 0 Å². The van der Waals surface area contributed by atoms with Crippen molar-refractivity contribution in [2.75, 3.05) is 24.3 Å². The lowest BCUT2D eigenvalue weighted by Gasteiger charge is -2.26. The van der Waals surface area contributed by atoms with Gasteiger partial charge in [0, 0.05) is 24.5 Å². The van der Waals surface area contributed by atoms with Gasteiger partial charge in [-0.05, 0) is 44.5 Å². The second-order valence-corrected chi connectivity index (χ2v) is 7.55. The summed E-state index contributed by atoms with van der Waals surface area (Å²) < 4.78 is 22.3. The molecule has 0 fully saturated rings. The van der Waals surface area contributed by atoms with Crippen molar-refractivity contribution in [2.24, 2.45) is 0 Å². The van der Waals surface area contributed by atoms with Crippen molar-refractivity contribution in [1.29, 1.82) is 0 Å². The molecule has 0 radical (unpaired) electrons. The van der Waals surface area contributed by atoms with Gasteiger partial charge in [0.1, 0.15) is 9.84 Å². The molecule has 0 bridgehead atoms. The molecule has 2 N–H and O–H groups in total. The van der Waals surface area contributed by atoms with Crippen LogP contribution in [-0.2, 0) is 16.4 Å². The fourth-order valence-electron chi connectivity index (χ4n) is 1.98. The predicted molar refractivity (Wildman–Crippen MR) is 80.7 cm³/mol. The van der Waals surface area contributed by atoms with Crippen LogP contribution in [0, 0.1) is 0 Å². The van der Waals surface area contributed by atoms with E-state index in [1.165, 1.54) is 6.26 Å². The number of hydrogen-bond donors (Lipinski definition) is 1. The van der Waals surface area contributed by atoms with Crippen molar-refractivity contribution < 1.29 is 8.42 Å². The Morgan fingerprint density at radius 2 is 2.00 bits per heavy atom. The van der Waals surface area contributed by atoms with Gasteiger partial charge in [-0.25, -0.2) is 8.42 Å². The minimum atomic E-state index is -2.87. The number of sulfone groups is 1. The van der Waals surface area contributed by atoms with E-state index in [1.807, 2.05) is 24.3 Å². The third-order valence-electron chi connectivity index (χ3n) is 3.03. The highest BCUT2D eigenvalue weighted by molar-refractivity contribution is 7.90. The van der Waals surface area contributed by atoms with E-state index in [0.717, 1.165) is 24.3 Å². The van der Waals surface area contributed by atoms with Gasteiger partial charge in [-0.15, -0.1) is 0 Å². The van der Waals surface area contributed by atoms with Gasteiger partial charge in [0.25, 0.3) is 0 Å². The van der Waals surface area contributed by atoms with Gasteiger partial charge >= 0.3 is 0 Å². The lowest BCUT2D eigenvalue weighted by molar-refractivity contribution is 0.213. The molecule has 0 amide bonds. The molecule has 1 rings (SSSR count). The highest BCUT2D eigenvalue weighted by atomic mass is 32.2. The van der Waals surface area contributed by atoms with Crippen LogP contribution in [-0.4, -0.2) is 37.9 Å². The Morgan fingerprint density at radius 3 is 2.53 bits per heavy atom. The standard InChI is InChI=1S/C14H24N2O2S/c1-12(2)16(8-5-9-19(3,17)18)11-13-6-4-7-14(15)10-13/h4,6-7,10,12H,5,8-9,11,15H2,1-3H3. The Kier molecular flexibility index (Phi) is 5.82. The zero-order valence-electron chi connectivity index (χ0n) is 12.0. The molecule has 0 atom stereocenters. The fraction of sp³-hybridized carbons (Fsp3) is 0.571. The highest BCUT2D eigenvalue weighted by Crippen LogP contribution is 2.12. The first-order chi connectivity index (χ1) is 8.78. The molecule has 0 heterocycles. The van der Waals surface area contributed by atoms with Crippen molar-refractivity contribution in [3.05, 3.63) is 29.8 Å². The van der Waals surface area contributed by atoms with Crippen LogP contribution in [0.15, 0.2) is 24.3 Å². The maximum atomic E-state index is 11.2. The van der Waals surface area contributed by atoms with Crippen molar-refractivity contribution in [3.63, 3.8) is 0 Å². The maximum Gasteiger partial charge on any atom is 0.147 e. The SMILES string of the molecule is CC(C)N(CCCS(C)(=O)=O)Cc1cccc(N)c1. The summed E-state index contributed by atoms with van der Waals surface area (Å²) in [7, 11) is -2.87. The Hall–Kier alpha value is -1.07. The van der Waals surface area contributed by atoms with Crippen LogP contribution in [0.1, 0.15) is 25.8 Å². The molecule has 0 spiro atoms. The van der Waals surface area contributed by atoms with Gasteiger partial charge in [0.2, 0.25) is 0 Å². The van der Waals surface area contributed by atoms with Gasteiger partial charge in [0.15, 0.2) is 0 Å². The molecule has 0 aliphatic rings. The van der Waals surface area contributed by atoms with E-state index in [9.17, 15) is 8.42 Å². The Morgan fingerprint density at radius 1 is 1.32 bits per heavy atom. The van der Waals surface area contributed by atoms with Crippen LogP contribution < -0.4 is 5.73 Å². The molecule has 108 valence electrons. The first kappa shape index (κ1) is 16.0. The second-order valence-electron chi connectivity index (χ2n) is 5.29. The quantitative estimate of drug-likeness (QED) is 0.777. The molecule has 0 saturated carbocycles. The number of rotatable bonds is 7. The summed E-state index contributed by atoms with van der Waals surface area (Å²) in [6.45, 7) is 5.81. The summed E-state index contributed by atoms with van der Waals surface area (Å²) >= 11 is 0. The van der Waals surface area contributed by atoms with E-state index in [-0.39, 0.29) is 5.75 Å². The molecular weight excluding hydrogens is 260 g/mol. The molecule has 4 nitrogen and oxygen atoms in total. The summed E-state index contributed by atoms with van der Waals surface area (Å²) in [5.74, 6) is 0.243. The third-order valence-corrected chi connectivity index (χ3v) is 4.06. The van der Waals surface area contributed by atoms with Gasteiger partial charge in [0.05, 0.1) is 5.75 Å². The summed E-state index contributed by atoms with van der Waals surface area (Å²) in [5.41, 5.74) is 7.69. The Labute approximate surface area is 116 Å². The minimum absolute atomic E-state index is 0.243. The molecule has 1 aromatic carbocycles. The van der Waals surface area contributed by atoms with E-state index in [1.54, 1.807) is 0 Å². The summed E-state index contributed by atoms with van der Waals surface area (Å²) in [4.78, 5) is 2.26. The first-order valence-corrected chi connectivity index (χ1v) is 8.60. The molecule has 0 unspecified atom stereocenters. The number of nitrogens with zero attached hydrogens (tertiary/aromatic N) is 1. The minimum Gasteiger partial charge on any atom is -0.399 e. The summed E-state index contributed by atoms with van der Waals surface area (Å²) in [5, 5.41) is 0. The smallest absolute Gasteiger partial charge is 0.147 e. The first-order valence-electron chi connectivity index (χ1n) is 6.54. The van der Waals surface area contributed by atoms with Gasteiger partial charge in [-0.2, -0.15) is 0 Å². The van der Waals surface area contributed by atoms with Gasteiger partial charge in [-0.1, -0.05) is 12.1 Å². The van der Waals surface area contributed by atoms with Crippen LogP contribution in [0.25, 0.3) is 0 Å². The van der Waals surface area contributed by atoms with E-state index in [4.69, 9.17) is 5.73 Å². The van der Waals surface area contributed by atoms with Crippen LogP contribution in [0.4, 0.5) is 5.69 Å². The summed E-state index contributed by atoms with van der Waals surface area (Å²) in [6.07, 6.45) is 1.95.